The van der Waals surface area contributed by atoms with Gasteiger partial charge in [-0.2, -0.15) is 0 Å². The minimum absolute atomic E-state index is 0.238. The lowest BCUT2D eigenvalue weighted by molar-refractivity contribution is 0.142. The molecule has 3 aromatic rings. The molecule has 28 heavy (non-hydrogen) atoms. The van der Waals surface area contributed by atoms with Gasteiger partial charge in [-0.05, 0) is 35.7 Å². The van der Waals surface area contributed by atoms with Crippen LogP contribution in [-0.2, 0) is 0 Å². The summed E-state index contributed by atoms with van der Waals surface area (Å²) in [5.41, 5.74) is 14.5. The van der Waals surface area contributed by atoms with Gasteiger partial charge in [0.1, 0.15) is 0 Å². The number of aromatic nitrogens is 2. The number of anilines is 1. The van der Waals surface area contributed by atoms with E-state index in [9.17, 15) is 0 Å². The Balaban J connectivity index is 1.40. The summed E-state index contributed by atoms with van der Waals surface area (Å²) in [7, 11) is 0. The maximum Gasteiger partial charge on any atom is 0.225 e. The second-order valence-electron chi connectivity index (χ2n) is 8.07. The van der Waals surface area contributed by atoms with Crippen molar-refractivity contribution in [2.24, 2.45) is 11.5 Å². The fraction of sp³-hybridized carbons (Fsp3) is 0.364. The highest BCUT2D eigenvalue weighted by atomic mass is 15.4. The van der Waals surface area contributed by atoms with Crippen LogP contribution in [0.15, 0.2) is 54.7 Å². The van der Waals surface area contributed by atoms with Crippen LogP contribution in [0.3, 0.4) is 0 Å². The third-order valence-corrected chi connectivity index (χ3v) is 6.10. The number of likely N-dealkylation sites (tertiary alicyclic amines) is 1. The van der Waals surface area contributed by atoms with Gasteiger partial charge in [-0.15, -0.1) is 0 Å². The molecule has 2 atom stereocenters. The number of nitrogens with zero attached hydrogens (tertiary/aromatic N) is 4. The van der Waals surface area contributed by atoms with E-state index >= 15 is 0 Å². The molecule has 3 heterocycles. The van der Waals surface area contributed by atoms with Crippen LogP contribution in [0.4, 0.5) is 5.95 Å². The molecular formula is C22H26N6. The maximum absolute atomic E-state index is 6.74. The molecule has 1 aromatic heterocycles. The summed E-state index contributed by atoms with van der Waals surface area (Å²) in [6.45, 7) is 3.45. The predicted molar refractivity (Wildman–Crippen MR) is 113 cm³/mol. The zero-order valence-electron chi connectivity index (χ0n) is 16.0. The quantitative estimate of drug-likeness (QED) is 0.731. The van der Waals surface area contributed by atoms with Crippen LogP contribution in [0.5, 0.6) is 0 Å². The van der Waals surface area contributed by atoms with Crippen molar-refractivity contribution in [3.05, 3.63) is 54.7 Å². The lowest BCUT2D eigenvalue weighted by Gasteiger charge is -2.34. The molecule has 5 rings (SSSR count). The molecule has 0 aliphatic carbocycles. The van der Waals surface area contributed by atoms with Gasteiger partial charge in [-0.25, -0.2) is 9.97 Å². The average molecular weight is 374 g/mol. The van der Waals surface area contributed by atoms with Crippen LogP contribution in [0.2, 0.25) is 0 Å². The normalized spacial score (nSPS) is 25.6. The molecule has 0 bridgehead atoms. The molecule has 0 spiro atoms. The van der Waals surface area contributed by atoms with E-state index in [1.165, 1.54) is 10.8 Å². The first kappa shape index (κ1) is 17.6. The molecule has 144 valence electrons. The summed E-state index contributed by atoms with van der Waals surface area (Å²) in [5.74, 6) is 0.751. The Morgan fingerprint density at radius 2 is 1.89 bits per heavy atom. The van der Waals surface area contributed by atoms with Gasteiger partial charge in [0.25, 0.3) is 0 Å². The highest BCUT2D eigenvalue weighted by molar-refractivity contribution is 5.86. The summed E-state index contributed by atoms with van der Waals surface area (Å²) in [4.78, 5) is 13.9. The Kier molecular flexibility index (Phi) is 4.27. The van der Waals surface area contributed by atoms with E-state index < -0.39 is 0 Å². The van der Waals surface area contributed by atoms with Gasteiger partial charge >= 0.3 is 0 Å². The number of benzene rings is 2. The number of hydrogen-bond acceptors (Lipinski definition) is 6. The van der Waals surface area contributed by atoms with Gasteiger partial charge in [0.15, 0.2) is 0 Å². The Hall–Kier alpha value is -2.54. The van der Waals surface area contributed by atoms with Gasteiger partial charge in [-0.3, -0.25) is 4.90 Å². The molecule has 2 saturated heterocycles. The molecule has 2 aliphatic heterocycles. The van der Waals surface area contributed by atoms with E-state index in [-0.39, 0.29) is 11.7 Å². The minimum Gasteiger partial charge on any atom is -0.337 e. The van der Waals surface area contributed by atoms with Gasteiger partial charge in [0.2, 0.25) is 5.95 Å². The van der Waals surface area contributed by atoms with Crippen molar-refractivity contribution < 1.29 is 0 Å². The molecule has 0 saturated carbocycles. The monoisotopic (exact) mass is 374 g/mol. The summed E-state index contributed by atoms with van der Waals surface area (Å²) in [6, 6.07) is 17.0. The standard InChI is InChI=1S/C22H26N6/c23-19-8-11-28(14-19)22(24)9-12-27(15-22)21-25-10-7-20(26-21)18-6-5-16-3-1-2-4-17(16)13-18/h1-7,10,13,19H,8-9,11-12,14-15,23-24H2/t19-,22+/m0/s1. The van der Waals surface area contributed by atoms with Crippen LogP contribution in [-0.4, -0.2) is 52.8 Å². The highest BCUT2D eigenvalue weighted by Gasteiger charge is 2.42. The van der Waals surface area contributed by atoms with Crippen LogP contribution >= 0.6 is 0 Å². The highest BCUT2D eigenvalue weighted by Crippen LogP contribution is 2.30. The third-order valence-electron chi connectivity index (χ3n) is 6.10. The Morgan fingerprint density at radius 3 is 2.71 bits per heavy atom. The van der Waals surface area contributed by atoms with Crippen molar-refractivity contribution in [1.29, 1.82) is 0 Å². The van der Waals surface area contributed by atoms with Crippen molar-refractivity contribution in [2.45, 2.75) is 24.5 Å². The van der Waals surface area contributed by atoms with Crippen molar-refractivity contribution >= 4 is 16.7 Å². The first-order valence-corrected chi connectivity index (χ1v) is 9.97. The zero-order chi connectivity index (χ0) is 19.1. The molecule has 2 aliphatic rings. The number of rotatable bonds is 3. The van der Waals surface area contributed by atoms with Crippen molar-refractivity contribution in [2.75, 3.05) is 31.1 Å². The van der Waals surface area contributed by atoms with Crippen LogP contribution < -0.4 is 16.4 Å². The Bertz CT molecular complexity index is 1000. The molecule has 6 nitrogen and oxygen atoms in total. The Morgan fingerprint density at radius 1 is 1.04 bits per heavy atom. The summed E-state index contributed by atoms with van der Waals surface area (Å²) < 4.78 is 0. The van der Waals surface area contributed by atoms with Crippen molar-refractivity contribution in [3.8, 4) is 11.3 Å². The van der Waals surface area contributed by atoms with E-state index in [1.54, 1.807) is 0 Å². The number of nitrogens with two attached hydrogens (primary N) is 2. The van der Waals surface area contributed by atoms with Gasteiger partial charge < -0.3 is 16.4 Å². The van der Waals surface area contributed by atoms with Gasteiger partial charge in [0.05, 0.1) is 17.9 Å². The van der Waals surface area contributed by atoms with Gasteiger partial charge in [-0.1, -0.05) is 36.4 Å². The fourth-order valence-electron chi connectivity index (χ4n) is 4.45. The van der Waals surface area contributed by atoms with E-state index in [4.69, 9.17) is 16.5 Å². The molecule has 6 heteroatoms. The fourth-order valence-corrected chi connectivity index (χ4v) is 4.45. The lowest BCUT2D eigenvalue weighted by Crippen LogP contribution is -2.57. The minimum atomic E-state index is -0.337. The van der Waals surface area contributed by atoms with E-state index in [0.29, 0.717) is 0 Å². The molecule has 2 fully saturated rings. The second kappa shape index (κ2) is 6.81. The summed E-state index contributed by atoms with van der Waals surface area (Å²) in [6.07, 6.45) is 3.77. The molecule has 0 radical (unpaired) electrons. The summed E-state index contributed by atoms with van der Waals surface area (Å²) in [5, 5.41) is 2.45. The smallest absolute Gasteiger partial charge is 0.225 e. The van der Waals surface area contributed by atoms with E-state index in [1.807, 2.05) is 12.3 Å². The second-order valence-corrected chi connectivity index (χ2v) is 8.07. The first-order chi connectivity index (χ1) is 13.6. The SMILES string of the molecule is N[C@H]1CCN([C@]2(N)CCN(c3nccc(-c4ccc5ccccc5c4)n3)C2)C1. The largest absolute Gasteiger partial charge is 0.337 e. The van der Waals surface area contributed by atoms with E-state index in [2.05, 4.69) is 57.2 Å². The number of hydrogen-bond donors (Lipinski definition) is 2. The Labute approximate surface area is 165 Å². The van der Waals surface area contributed by atoms with Crippen molar-refractivity contribution in [3.63, 3.8) is 0 Å². The van der Waals surface area contributed by atoms with Gasteiger partial charge in [0, 0.05) is 37.4 Å². The first-order valence-electron chi connectivity index (χ1n) is 9.97. The lowest BCUT2D eigenvalue weighted by atomic mass is 10.1. The molecule has 0 unspecified atom stereocenters. The van der Waals surface area contributed by atoms with E-state index in [0.717, 1.165) is 56.2 Å². The van der Waals surface area contributed by atoms with Crippen LogP contribution in [0.25, 0.3) is 22.0 Å². The molecule has 4 N–H and O–H groups in total. The molecular weight excluding hydrogens is 348 g/mol. The maximum atomic E-state index is 6.74. The third kappa shape index (κ3) is 3.13. The number of fused-ring (bicyclic) bond motifs is 1. The summed E-state index contributed by atoms with van der Waals surface area (Å²) >= 11 is 0. The average Bonchev–Trinajstić information content (AvgIpc) is 3.35. The predicted octanol–water partition coefficient (Wildman–Crippen LogP) is 2.19. The zero-order valence-corrected chi connectivity index (χ0v) is 16.0. The molecule has 2 aromatic carbocycles. The van der Waals surface area contributed by atoms with Crippen LogP contribution in [0.1, 0.15) is 12.8 Å². The topological polar surface area (TPSA) is 84.3 Å². The van der Waals surface area contributed by atoms with Crippen LogP contribution in [0, 0.1) is 0 Å². The molecule has 0 amide bonds. The van der Waals surface area contributed by atoms with Crippen molar-refractivity contribution in [1.82, 2.24) is 14.9 Å².